The van der Waals surface area contributed by atoms with Crippen LogP contribution in [0.5, 0.6) is 11.5 Å². The molecule has 2 aromatic rings. The molecule has 0 atom stereocenters. The van der Waals surface area contributed by atoms with Crippen LogP contribution in [0.4, 0.5) is 0 Å². The molecule has 0 saturated carbocycles. The molecule has 0 bridgehead atoms. The van der Waals surface area contributed by atoms with Crippen LogP contribution in [0.2, 0.25) is 0 Å². The fourth-order valence-electron chi connectivity index (χ4n) is 1.82. The average molecular weight is 354 g/mol. The quantitative estimate of drug-likeness (QED) is 0.864. The molecule has 1 aromatic heterocycles. The summed E-state index contributed by atoms with van der Waals surface area (Å²) < 4.78 is 16.6. The van der Waals surface area contributed by atoms with Crippen molar-refractivity contribution in [1.82, 2.24) is 5.32 Å². The van der Waals surface area contributed by atoms with Crippen molar-refractivity contribution in [2.75, 3.05) is 13.7 Å². The van der Waals surface area contributed by atoms with Crippen LogP contribution in [0.1, 0.15) is 23.0 Å². The topological polar surface area (TPSA) is 60.7 Å². The molecule has 0 aliphatic heterocycles. The second-order valence-corrected chi connectivity index (χ2v) is 5.04. The zero-order valence-corrected chi connectivity index (χ0v) is 13.4. The third-order valence-electron chi connectivity index (χ3n) is 2.78. The summed E-state index contributed by atoms with van der Waals surface area (Å²) in [6.07, 6.45) is 1.57. The summed E-state index contributed by atoms with van der Waals surface area (Å²) in [7, 11) is 1.54. The van der Waals surface area contributed by atoms with Gasteiger partial charge in [-0.05, 0) is 47.1 Å². The molecule has 6 heteroatoms. The second kappa shape index (κ2) is 7.17. The number of carbonyl (C=O) groups excluding carboxylic acids is 1. The van der Waals surface area contributed by atoms with E-state index in [1.165, 1.54) is 7.11 Å². The molecule has 1 amide bonds. The summed E-state index contributed by atoms with van der Waals surface area (Å²) in [6, 6.07) is 6.92. The van der Waals surface area contributed by atoms with Crippen molar-refractivity contribution in [2.24, 2.45) is 0 Å². The van der Waals surface area contributed by atoms with Gasteiger partial charge >= 0.3 is 0 Å². The van der Waals surface area contributed by atoms with E-state index in [4.69, 9.17) is 13.9 Å². The zero-order valence-electron chi connectivity index (χ0n) is 11.8. The van der Waals surface area contributed by atoms with E-state index in [9.17, 15) is 4.79 Å². The maximum atomic E-state index is 12.2. The van der Waals surface area contributed by atoms with Crippen LogP contribution in [0.25, 0.3) is 0 Å². The van der Waals surface area contributed by atoms with Crippen LogP contribution >= 0.6 is 15.9 Å². The number of furan rings is 1. The number of hydrogen-bond acceptors (Lipinski definition) is 4. The number of nitrogens with one attached hydrogen (secondary N) is 1. The minimum absolute atomic E-state index is 0.214. The van der Waals surface area contributed by atoms with Crippen molar-refractivity contribution in [3.8, 4) is 11.5 Å². The number of carbonyl (C=O) groups is 1. The molecule has 1 aromatic carbocycles. The molecule has 0 saturated heterocycles. The molecule has 21 heavy (non-hydrogen) atoms. The van der Waals surface area contributed by atoms with Crippen LogP contribution in [-0.2, 0) is 6.54 Å². The Kier molecular flexibility index (Phi) is 5.27. The van der Waals surface area contributed by atoms with Crippen LogP contribution in [0.15, 0.2) is 39.4 Å². The van der Waals surface area contributed by atoms with E-state index in [1.807, 2.05) is 6.92 Å². The molecule has 2 rings (SSSR count). The van der Waals surface area contributed by atoms with Gasteiger partial charge in [0.25, 0.3) is 5.91 Å². The van der Waals surface area contributed by atoms with Crippen molar-refractivity contribution in [3.05, 3.63) is 46.3 Å². The zero-order chi connectivity index (χ0) is 15.2. The lowest BCUT2D eigenvalue weighted by Crippen LogP contribution is -2.22. The van der Waals surface area contributed by atoms with Crippen molar-refractivity contribution in [3.63, 3.8) is 0 Å². The molecule has 1 N–H and O–H groups in total. The highest BCUT2D eigenvalue weighted by atomic mass is 79.9. The Bertz CT molecular complexity index is 610. The number of amides is 1. The highest BCUT2D eigenvalue weighted by Crippen LogP contribution is 2.36. The van der Waals surface area contributed by atoms with Gasteiger partial charge in [-0.15, -0.1) is 0 Å². The van der Waals surface area contributed by atoms with Gasteiger partial charge in [0.1, 0.15) is 5.76 Å². The van der Waals surface area contributed by atoms with E-state index in [0.29, 0.717) is 40.4 Å². The van der Waals surface area contributed by atoms with Gasteiger partial charge in [0.05, 0.1) is 31.0 Å². The van der Waals surface area contributed by atoms with Crippen molar-refractivity contribution >= 4 is 21.8 Å². The van der Waals surface area contributed by atoms with Crippen LogP contribution in [-0.4, -0.2) is 19.6 Å². The Morgan fingerprint density at radius 1 is 1.43 bits per heavy atom. The van der Waals surface area contributed by atoms with Gasteiger partial charge in [-0.25, -0.2) is 0 Å². The minimum Gasteiger partial charge on any atom is -0.493 e. The summed E-state index contributed by atoms with van der Waals surface area (Å²) >= 11 is 3.39. The lowest BCUT2D eigenvalue weighted by Gasteiger charge is -2.13. The van der Waals surface area contributed by atoms with Gasteiger partial charge in [-0.2, -0.15) is 0 Å². The SMILES string of the molecule is CCOc1c(Br)cc(C(=O)NCc2ccco2)cc1OC. The van der Waals surface area contributed by atoms with Crippen LogP contribution in [0.3, 0.4) is 0 Å². The largest absolute Gasteiger partial charge is 0.493 e. The Hall–Kier alpha value is -1.95. The van der Waals surface area contributed by atoms with Gasteiger partial charge in [0.15, 0.2) is 11.5 Å². The van der Waals surface area contributed by atoms with Crippen molar-refractivity contribution in [1.29, 1.82) is 0 Å². The maximum absolute atomic E-state index is 12.2. The number of methoxy groups -OCH3 is 1. The normalized spacial score (nSPS) is 10.2. The van der Waals surface area contributed by atoms with E-state index in [1.54, 1.807) is 30.5 Å². The molecule has 5 nitrogen and oxygen atoms in total. The first kappa shape index (κ1) is 15.4. The van der Waals surface area contributed by atoms with E-state index < -0.39 is 0 Å². The smallest absolute Gasteiger partial charge is 0.251 e. The lowest BCUT2D eigenvalue weighted by molar-refractivity contribution is 0.0947. The summed E-state index contributed by atoms with van der Waals surface area (Å²) in [5, 5.41) is 2.78. The summed E-state index contributed by atoms with van der Waals surface area (Å²) in [6.45, 7) is 2.73. The Morgan fingerprint density at radius 3 is 2.86 bits per heavy atom. The van der Waals surface area contributed by atoms with Gasteiger partial charge in [0.2, 0.25) is 0 Å². The fraction of sp³-hybridized carbons (Fsp3) is 0.267. The lowest BCUT2D eigenvalue weighted by atomic mass is 10.2. The molecule has 1 heterocycles. The second-order valence-electron chi connectivity index (χ2n) is 4.18. The van der Waals surface area contributed by atoms with Gasteiger partial charge < -0.3 is 19.2 Å². The minimum atomic E-state index is -0.214. The third kappa shape index (κ3) is 3.78. The number of rotatable bonds is 6. The van der Waals surface area contributed by atoms with E-state index in [2.05, 4.69) is 21.2 Å². The predicted octanol–water partition coefficient (Wildman–Crippen LogP) is 3.38. The van der Waals surface area contributed by atoms with Gasteiger partial charge in [0, 0.05) is 5.56 Å². The third-order valence-corrected chi connectivity index (χ3v) is 3.37. The Labute approximate surface area is 131 Å². The molecule has 0 unspecified atom stereocenters. The summed E-state index contributed by atoms with van der Waals surface area (Å²) in [4.78, 5) is 12.2. The number of benzene rings is 1. The van der Waals surface area contributed by atoms with Crippen LogP contribution < -0.4 is 14.8 Å². The molecular weight excluding hydrogens is 338 g/mol. The number of halogens is 1. The van der Waals surface area contributed by atoms with E-state index in [0.717, 1.165) is 0 Å². The predicted molar refractivity (Wildman–Crippen MR) is 81.7 cm³/mol. The van der Waals surface area contributed by atoms with Gasteiger partial charge in [-0.3, -0.25) is 4.79 Å². The maximum Gasteiger partial charge on any atom is 0.251 e. The van der Waals surface area contributed by atoms with E-state index >= 15 is 0 Å². The molecule has 0 aliphatic rings. The van der Waals surface area contributed by atoms with Gasteiger partial charge in [-0.1, -0.05) is 0 Å². The molecule has 0 radical (unpaired) electrons. The highest BCUT2D eigenvalue weighted by Gasteiger charge is 2.15. The summed E-state index contributed by atoms with van der Waals surface area (Å²) in [5.41, 5.74) is 0.480. The first-order chi connectivity index (χ1) is 10.2. The molecule has 112 valence electrons. The highest BCUT2D eigenvalue weighted by molar-refractivity contribution is 9.10. The molecular formula is C15H16BrNO4. The monoisotopic (exact) mass is 353 g/mol. The molecule has 0 aliphatic carbocycles. The van der Waals surface area contributed by atoms with Crippen LogP contribution in [0, 0.1) is 0 Å². The van der Waals surface area contributed by atoms with Crippen molar-refractivity contribution < 1.29 is 18.7 Å². The number of hydrogen-bond donors (Lipinski definition) is 1. The standard InChI is InChI=1S/C15H16BrNO4/c1-3-20-14-12(16)7-10(8-13(14)19-2)15(18)17-9-11-5-4-6-21-11/h4-8H,3,9H2,1-2H3,(H,17,18). The van der Waals surface area contributed by atoms with Crippen molar-refractivity contribution in [2.45, 2.75) is 13.5 Å². The summed E-state index contributed by atoms with van der Waals surface area (Å²) in [5.74, 6) is 1.57. The number of ether oxygens (including phenoxy) is 2. The Morgan fingerprint density at radius 2 is 2.24 bits per heavy atom. The average Bonchev–Trinajstić information content (AvgIpc) is 3.00. The fourth-order valence-corrected chi connectivity index (χ4v) is 2.37. The molecule has 0 spiro atoms. The Balaban J connectivity index is 2.15. The first-order valence-corrected chi connectivity index (χ1v) is 7.26. The van der Waals surface area contributed by atoms with E-state index in [-0.39, 0.29) is 5.91 Å². The molecule has 0 fully saturated rings. The first-order valence-electron chi connectivity index (χ1n) is 6.46.